The summed E-state index contributed by atoms with van der Waals surface area (Å²) in [4.78, 5) is -0.0260. The zero-order chi connectivity index (χ0) is 22.5. The molecule has 0 saturated heterocycles. The van der Waals surface area contributed by atoms with E-state index in [9.17, 15) is 12.8 Å². The SMILES string of the molecule is C[N+]1(C2=NS(=O)(=O)c3cccc(Oc4ccccc4Cl)c3N2)COc2cccc(F)c2C1. The van der Waals surface area contributed by atoms with Crippen molar-refractivity contribution >= 4 is 33.3 Å². The van der Waals surface area contributed by atoms with E-state index in [1.54, 1.807) is 55.6 Å². The number of halogens is 2. The molecule has 3 aromatic rings. The van der Waals surface area contributed by atoms with Crippen LogP contribution >= 0.6 is 11.6 Å². The molecule has 0 spiro atoms. The number of rotatable bonds is 2. The number of hydrogen-bond donors (Lipinski definition) is 1. The predicted octanol–water partition coefficient (Wildman–Crippen LogP) is 4.74. The Hall–Kier alpha value is -3.14. The number of sulfonamides is 1. The van der Waals surface area contributed by atoms with Crippen molar-refractivity contribution in [3.8, 4) is 17.2 Å². The Balaban J connectivity index is 1.56. The molecule has 164 valence electrons. The summed E-state index contributed by atoms with van der Waals surface area (Å²) < 4.78 is 56.0. The second-order valence-electron chi connectivity index (χ2n) is 7.72. The lowest BCUT2D eigenvalue weighted by Crippen LogP contribution is -2.57. The van der Waals surface area contributed by atoms with Gasteiger partial charge in [-0.05, 0) is 36.4 Å². The van der Waals surface area contributed by atoms with Crippen LogP contribution in [0.2, 0.25) is 5.02 Å². The van der Waals surface area contributed by atoms with Crippen molar-refractivity contribution in [3.05, 3.63) is 77.1 Å². The van der Waals surface area contributed by atoms with Gasteiger partial charge in [-0.25, -0.2) is 8.87 Å². The lowest BCUT2D eigenvalue weighted by Gasteiger charge is -2.38. The van der Waals surface area contributed by atoms with Crippen molar-refractivity contribution in [3.63, 3.8) is 0 Å². The molecule has 0 bridgehead atoms. The highest BCUT2D eigenvalue weighted by molar-refractivity contribution is 7.90. The summed E-state index contributed by atoms with van der Waals surface area (Å²) in [6.45, 7) is 0.229. The van der Waals surface area contributed by atoms with E-state index in [1.165, 1.54) is 12.1 Å². The standard InChI is InChI=1S/C22H18ClFN3O4S/c1-27(12-14-16(24)7-4-9-17(14)30-13-27)22-25-21-19(31-18-8-3-2-6-15(18)23)10-5-11-20(21)32(28,29)26-22/h2-11H,12-13H2,1H3,(H,25,26)/q+1. The molecule has 1 unspecified atom stereocenters. The second kappa shape index (κ2) is 7.47. The Morgan fingerprint density at radius 3 is 2.66 bits per heavy atom. The summed E-state index contributed by atoms with van der Waals surface area (Å²) >= 11 is 6.21. The molecule has 0 saturated carbocycles. The normalized spacial score (nSPS) is 20.8. The van der Waals surface area contributed by atoms with Crippen LogP contribution in [0, 0.1) is 5.82 Å². The lowest BCUT2D eigenvalue weighted by atomic mass is 10.1. The second-order valence-corrected chi connectivity index (χ2v) is 9.70. The summed E-state index contributed by atoms with van der Waals surface area (Å²) in [5.41, 5.74) is 0.589. The van der Waals surface area contributed by atoms with Crippen molar-refractivity contribution in [2.75, 3.05) is 19.1 Å². The van der Waals surface area contributed by atoms with Gasteiger partial charge in [0.15, 0.2) is 5.75 Å². The summed E-state index contributed by atoms with van der Waals surface area (Å²) in [5.74, 6) is 0.754. The van der Waals surface area contributed by atoms with E-state index in [1.807, 2.05) is 0 Å². The van der Waals surface area contributed by atoms with E-state index in [0.29, 0.717) is 22.1 Å². The first kappa shape index (κ1) is 20.7. The Morgan fingerprint density at radius 2 is 1.84 bits per heavy atom. The highest BCUT2D eigenvalue weighted by atomic mass is 35.5. The van der Waals surface area contributed by atoms with Gasteiger partial charge in [0.25, 0.3) is 10.0 Å². The molecule has 5 rings (SSSR count). The van der Waals surface area contributed by atoms with Crippen LogP contribution < -0.4 is 14.8 Å². The van der Waals surface area contributed by atoms with Gasteiger partial charge >= 0.3 is 5.96 Å². The fraction of sp³-hybridized carbons (Fsp3) is 0.136. The number of nitrogens with one attached hydrogen (secondary N) is 1. The van der Waals surface area contributed by atoms with Gasteiger partial charge < -0.3 is 9.47 Å². The minimum atomic E-state index is -4.04. The van der Waals surface area contributed by atoms with Crippen LogP contribution in [0.4, 0.5) is 10.1 Å². The molecule has 2 aliphatic heterocycles. The largest absolute Gasteiger partial charge is 0.454 e. The molecule has 10 heteroatoms. The molecule has 0 aromatic heterocycles. The average molecular weight is 475 g/mol. The predicted molar refractivity (Wildman–Crippen MR) is 118 cm³/mol. The first-order valence-corrected chi connectivity index (χ1v) is 11.5. The minimum Gasteiger partial charge on any atom is -0.454 e. The number of para-hydroxylation sites is 2. The van der Waals surface area contributed by atoms with E-state index in [-0.39, 0.29) is 40.1 Å². The fourth-order valence-corrected chi connectivity index (χ4v) is 5.08. The van der Waals surface area contributed by atoms with E-state index in [2.05, 4.69) is 9.71 Å². The minimum absolute atomic E-state index is 0.0260. The van der Waals surface area contributed by atoms with Crippen LogP contribution in [0.1, 0.15) is 5.56 Å². The van der Waals surface area contributed by atoms with Gasteiger partial charge in [-0.3, -0.25) is 5.32 Å². The summed E-state index contributed by atoms with van der Waals surface area (Å²) in [5, 5.41) is 3.48. The van der Waals surface area contributed by atoms with Crippen LogP contribution in [0.15, 0.2) is 70.0 Å². The molecule has 32 heavy (non-hydrogen) atoms. The smallest absolute Gasteiger partial charge is 0.321 e. The number of guanidine groups is 1. The monoisotopic (exact) mass is 474 g/mol. The van der Waals surface area contributed by atoms with Crippen molar-refractivity contribution in [2.45, 2.75) is 11.4 Å². The number of nitrogens with zero attached hydrogens (tertiary/aromatic N) is 2. The molecule has 1 N–H and O–H groups in total. The molecule has 0 radical (unpaired) electrons. The van der Waals surface area contributed by atoms with Crippen molar-refractivity contribution in [2.24, 2.45) is 4.40 Å². The van der Waals surface area contributed by atoms with E-state index in [0.717, 1.165) is 0 Å². The van der Waals surface area contributed by atoms with Crippen molar-refractivity contribution < 1.29 is 26.8 Å². The van der Waals surface area contributed by atoms with Crippen LogP contribution in [-0.4, -0.2) is 32.6 Å². The van der Waals surface area contributed by atoms with Crippen LogP contribution in [0.25, 0.3) is 0 Å². The third-order valence-electron chi connectivity index (χ3n) is 5.37. The molecule has 0 aliphatic carbocycles. The Kier molecular flexibility index (Phi) is 4.85. The van der Waals surface area contributed by atoms with Gasteiger partial charge in [-0.2, -0.15) is 8.42 Å². The van der Waals surface area contributed by atoms with Gasteiger partial charge in [0.2, 0.25) is 6.73 Å². The van der Waals surface area contributed by atoms with Crippen LogP contribution in [-0.2, 0) is 16.6 Å². The Bertz CT molecular complexity index is 1380. The van der Waals surface area contributed by atoms with E-state index < -0.39 is 15.8 Å². The molecular formula is C22H18ClFN3O4S+. The van der Waals surface area contributed by atoms with E-state index >= 15 is 0 Å². The average Bonchev–Trinajstić information content (AvgIpc) is 2.76. The summed E-state index contributed by atoms with van der Waals surface area (Å²) in [7, 11) is -2.32. The molecular weight excluding hydrogens is 457 g/mol. The van der Waals surface area contributed by atoms with Gasteiger partial charge in [0, 0.05) is 0 Å². The molecule has 7 nitrogen and oxygen atoms in total. The molecule has 3 aromatic carbocycles. The third kappa shape index (κ3) is 3.48. The number of hydrogen-bond acceptors (Lipinski definition) is 5. The van der Waals surface area contributed by atoms with Crippen LogP contribution in [0.5, 0.6) is 17.2 Å². The lowest BCUT2D eigenvalue weighted by molar-refractivity contribution is -0.856. The highest BCUT2D eigenvalue weighted by Gasteiger charge is 2.42. The van der Waals surface area contributed by atoms with Gasteiger partial charge in [-0.15, -0.1) is 0 Å². The first-order valence-electron chi connectivity index (χ1n) is 9.69. The molecule has 0 amide bonds. The zero-order valence-corrected chi connectivity index (χ0v) is 18.5. The van der Waals surface area contributed by atoms with Crippen molar-refractivity contribution in [1.29, 1.82) is 0 Å². The summed E-state index contributed by atoms with van der Waals surface area (Å²) in [6, 6.07) is 16.1. The summed E-state index contributed by atoms with van der Waals surface area (Å²) in [6.07, 6.45) is 0. The topological polar surface area (TPSA) is 77.0 Å². The first-order chi connectivity index (χ1) is 15.3. The number of fused-ring (bicyclic) bond motifs is 2. The van der Waals surface area contributed by atoms with Gasteiger partial charge in [0.05, 0.1) is 17.6 Å². The number of anilines is 1. The maximum atomic E-state index is 14.4. The van der Waals surface area contributed by atoms with Crippen molar-refractivity contribution in [1.82, 2.24) is 0 Å². The quantitative estimate of drug-likeness (QED) is 0.543. The van der Waals surface area contributed by atoms with Gasteiger partial charge in [0.1, 0.15) is 34.4 Å². The molecule has 2 heterocycles. The molecule has 2 aliphatic rings. The fourth-order valence-electron chi connectivity index (χ4n) is 3.68. The highest BCUT2D eigenvalue weighted by Crippen LogP contribution is 2.41. The number of quaternary nitrogens is 1. The maximum absolute atomic E-state index is 14.4. The van der Waals surface area contributed by atoms with Gasteiger partial charge in [-0.1, -0.05) is 40.3 Å². The third-order valence-corrected chi connectivity index (χ3v) is 6.99. The Morgan fingerprint density at radius 1 is 1.09 bits per heavy atom. The van der Waals surface area contributed by atoms with Crippen LogP contribution in [0.3, 0.4) is 0 Å². The zero-order valence-electron chi connectivity index (χ0n) is 16.9. The van der Waals surface area contributed by atoms with E-state index in [4.69, 9.17) is 21.1 Å². The Labute approximate surface area is 189 Å². The molecule has 0 fully saturated rings. The number of benzene rings is 3. The molecule has 1 atom stereocenters. The maximum Gasteiger partial charge on any atom is 0.321 e. The number of ether oxygens (including phenoxy) is 2.